The summed E-state index contributed by atoms with van der Waals surface area (Å²) in [5.74, 6) is -7.96. The van der Waals surface area contributed by atoms with Crippen LogP contribution in [-0.2, 0) is 82.7 Å². The Hall–Kier alpha value is -12.6. The molecule has 4 aliphatic carbocycles. The number of nitrogens with one attached hydrogen (secondary N) is 2. The number of carbonyl (C=O) groups excluding carboxylic acids is 6. The van der Waals surface area contributed by atoms with Crippen LogP contribution in [0.2, 0.25) is 5.28 Å². The molecule has 6 aromatic carbocycles. The van der Waals surface area contributed by atoms with Crippen molar-refractivity contribution in [1.82, 2.24) is 54.8 Å². The number of halogens is 1. The zero-order valence-electron chi connectivity index (χ0n) is 87.1. The Kier molecular flexibility index (Phi) is 36.0. The first-order chi connectivity index (χ1) is 69.2. The van der Waals surface area contributed by atoms with Crippen LogP contribution in [0.15, 0.2) is 134 Å². The number of aliphatic hydroxyl groups excluding tert-OH is 2. The smallest absolute Gasteiger partial charge is 0.494 e. The van der Waals surface area contributed by atoms with Crippen LogP contribution in [-0.4, -0.2) is 209 Å². The number of nitrogens with zero attached hydrogens (tertiary/aromatic N) is 9. The number of esters is 2. The molecule has 37 heteroatoms. The van der Waals surface area contributed by atoms with Crippen LogP contribution < -0.4 is 36.8 Å². The van der Waals surface area contributed by atoms with Crippen LogP contribution in [0.1, 0.15) is 273 Å². The number of carbonyl (C=O) groups is 8. The summed E-state index contributed by atoms with van der Waals surface area (Å²) in [7, 11) is -3.44. The van der Waals surface area contributed by atoms with E-state index in [1.165, 1.54) is 93.1 Å². The van der Waals surface area contributed by atoms with Gasteiger partial charge < -0.3 is 70.7 Å². The summed E-state index contributed by atoms with van der Waals surface area (Å²) in [6.07, 6.45) is 8.07. The van der Waals surface area contributed by atoms with Gasteiger partial charge in [0.2, 0.25) is 17.1 Å². The van der Waals surface area contributed by atoms with Crippen molar-refractivity contribution in [2.75, 3.05) is 46.5 Å². The predicted molar refractivity (Wildman–Crippen MR) is 559 cm³/mol. The number of rotatable bonds is 30. The van der Waals surface area contributed by atoms with Gasteiger partial charge in [0, 0.05) is 80.3 Å². The number of phenolic OH excluding ortho intramolecular Hbond substituents is 1. The number of carboxylic acids is 2. The number of aromatic carboxylic acids is 1. The zero-order chi connectivity index (χ0) is 108. The van der Waals surface area contributed by atoms with Crippen molar-refractivity contribution in [2.24, 2.45) is 28.4 Å². The van der Waals surface area contributed by atoms with E-state index in [-0.39, 0.29) is 95.3 Å². The van der Waals surface area contributed by atoms with Crippen LogP contribution in [0.3, 0.4) is 0 Å². The fourth-order valence-electron chi connectivity index (χ4n) is 17.7. The summed E-state index contributed by atoms with van der Waals surface area (Å²) in [5, 5.41) is 60.2. The minimum Gasteiger partial charge on any atom is -0.504 e. The number of fused-ring (bicyclic) bond motifs is 5. The number of hydrogen-bond donors (Lipinski definition) is 10. The molecule has 6 aliphatic rings. The van der Waals surface area contributed by atoms with Crippen LogP contribution in [0.5, 0.6) is 11.5 Å². The number of hydrogen-bond acceptors (Lipinski definition) is 28. The quantitative estimate of drug-likeness (QED) is 0.00865. The molecule has 782 valence electrons. The number of Topliss-reactive ketones (excluding diaryl/α,β-unsaturated/α-hetero) is 2. The summed E-state index contributed by atoms with van der Waals surface area (Å²) in [6, 6.07) is 37.9. The summed E-state index contributed by atoms with van der Waals surface area (Å²) in [4.78, 5) is 140. The molecule has 2 aliphatic heterocycles. The lowest BCUT2D eigenvalue weighted by molar-refractivity contribution is -0.143. The first kappa shape index (κ1) is 113. The first-order valence-electron chi connectivity index (χ1n) is 49.6. The highest BCUT2D eigenvalue weighted by atomic mass is 35.5. The molecule has 10 aromatic rings. The van der Waals surface area contributed by atoms with Gasteiger partial charge in [0.25, 0.3) is 10.2 Å². The highest BCUT2D eigenvalue weighted by molar-refractivity contribution is 7.87. The van der Waals surface area contributed by atoms with Gasteiger partial charge >= 0.3 is 31.0 Å². The Morgan fingerprint density at radius 3 is 1.43 bits per heavy atom. The van der Waals surface area contributed by atoms with Crippen molar-refractivity contribution < 1.29 is 95.8 Å². The number of carboxylic acid groups (broad SMARTS) is 2. The van der Waals surface area contributed by atoms with Crippen molar-refractivity contribution in [2.45, 2.75) is 265 Å². The number of benzene rings is 6. The molecule has 2 amide bonds. The van der Waals surface area contributed by atoms with Gasteiger partial charge in [-0.05, 0) is 250 Å². The molecule has 5 fully saturated rings. The van der Waals surface area contributed by atoms with Crippen LogP contribution >= 0.6 is 11.6 Å². The molecular formula is C110H136BClN14O20S. The fraction of sp³-hybridized carbons (Fsp3) is 0.455. The minimum absolute atomic E-state index is 0.0294. The van der Waals surface area contributed by atoms with E-state index in [9.17, 15) is 62.4 Å². The largest absolute Gasteiger partial charge is 0.504 e. The van der Waals surface area contributed by atoms with E-state index in [1.54, 1.807) is 66.7 Å². The SMILES string of the molecule is CC1(c2ccc(B3OC(C)(C)C(C)(C)O3)cc2)CC1.CCOC(=O)c1c(C)nc(-c2ccc(C3(C)CC3)cc2)nc1C.CCOC(=O)c1cnc(Cl)nc1C.Cc1nc(-c2ccc(C3(C)CC3)cc2)nc(C)c1C(=O)C[C@@H](CNS(N)(=O)=O)C(=O)N(C)[C@@H]1C(=O)C[C@@H](C)C(=O)N[C@H](C(=O)O)Cc2ccc(CC[C@H](O)CN)c(c2)-c2cc1cc(OC[C@H](O)CN)c2O.Cc1nc(-c2ccc(C3(C)CC3)cc2)nc(C)c1C(=O)O. The van der Waals surface area contributed by atoms with Gasteiger partial charge in [0.1, 0.15) is 35.9 Å². The van der Waals surface area contributed by atoms with Crippen molar-refractivity contribution in [3.63, 3.8) is 0 Å². The minimum atomic E-state index is -4.45. The number of ether oxygens (including phenoxy) is 3. The van der Waals surface area contributed by atoms with Crippen LogP contribution in [0.25, 0.3) is 45.3 Å². The zero-order valence-corrected chi connectivity index (χ0v) is 88.7. The second-order valence-corrected chi connectivity index (χ2v) is 42.8. The van der Waals surface area contributed by atoms with Gasteiger partial charge in [-0.3, -0.25) is 19.2 Å². The van der Waals surface area contributed by atoms with Gasteiger partial charge in [-0.2, -0.15) is 8.42 Å². The number of amides is 2. The van der Waals surface area contributed by atoms with Crippen molar-refractivity contribution in [3.8, 4) is 56.8 Å². The summed E-state index contributed by atoms with van der Waals surface area (Å²) in [5.41, 5.74) is 27.1. The van der Waals surface area contributed by atoms with Gasteiger partial charge in [-0.15, -0.1) is 0 Å². The molecule has 6 heterocycles. The topological polar surface area (TPSA) is 526 Å². The Labute approximate surface area is 864 Å². The molecule has 4 bridgehead atoms. The number of aliphatic hydroxyl groups is 2. The lowest BCUT2D eigenvalue weighted by Crippen LogP contribution is -2.46. The van der Waals surface area contributed by atoms with Gasteiger partial charge in [-0.25, -0.2) is 68.9 Å². The van der Waals surface area contributed by atoms with Crippen molar-refractivity contribution in [1.29, 1.82) is 0 Å². The van der Waals surface area contributed by atoms with Gasteiger partial charge in [0.15, 0.2) is 40.5 Å². The Bertz CT molecular complexity index is 6590. The Balaban J connectivity index is 0.000000200. The van der Waals surface area contributed by atoms with Crippen molar-refractivity contribution >= 4 is 81.6 Å². The highest BCUT2D eigenvalue weighted by Gasteiger charge is 2.52. The van der Waals surface area contributed by atoms with E-state index in [1.807, 2.05) is 50.2 Å². The number of aliphatic carboxylic acids is 1. The molecule has 0 spiro atoms. The van der Waals surface area contributed by atoms with Crippen LogP contribution in [0.4, 0.5) is 0 Å². The molecule has 0 radical (unpaired) electrons. The number of aryl methyl sites for hydroxylation is 8. The molecule has 0 unspecified atom stereocenters. The number of aromatic nitrogens is 8. The molecule has 4 aromatic heterocycles. The summed E-state index contributed by atoms with van der Waals surface area (Å²) >= 11 is 5.52. The molecular weight excluding hydrogens is 1920 g/mol. The lowest BCUT2D eigenvalue weighted by Gasteiger charge is -2.32. The maximum Gasteiger partial charge on any atom is 0.494 e. The predicted octanol–water partition coefficient (Wildman–Crippen LogP) is 14.2. The highest BCUT2D eigenvalue weighted by Crippen LogP contribution is 2.52. The normalized spacial score (nSPS) is 18.2. The third-order valence-corrected chi connectivity index (χ3v) is 29.6. The number of phenols is 1. The number of likely N-dealkylation sites (N-methyl/N-ethyl adjacent to an activating group) is 1. The van der Waals surface area contributed by atoms with Crippen LogP contribution in [0, 0.1) is 60.3 Å². The van der Waals surface area contributed by atoms with E-state index < -0.39 is 119 Å². The number of nitrogens with two attached hydrogens (primary N) is 3. The summed E-state index contributed by atoms with van der Waals surface area (Å²) in [6.45, 7) is 33.7. The van der Waals surface area contributed by atoms with E-state index in [4.69, 9.17) is 56.8 Å². The summed E-state index contributed by atoms with van der Waals surface area (Å²) < 4.78 is 54.7. The number of ketones is 2. The molecule has 4 saturated carbocycles. The van der Waals surface area contributed by atoms with Gasteiger partial charge in [0.05, 0.1) is 87.4 Å². The Morgan fingerprint density at radius 1 is 0.578 bits per heavy atom. The maximum absolute atomic E-state index is 15.0. The number of aromatic hydroxyl groups is 1. The second kappa shape index (κ2) is 46.8. The average Bonchev–Trinajstić information content (AvgIpc) is 1.74. The average molecular weight is 2050 g/mol. The molecule has 16 rings (SSSR count). The van der Waals surface area contributed by atoms with Gasteiger partial charge in [-0.1, -0.05) is 150 Å². The molecule has 34 nitrogen and oxygen atoms in total. The second-order valence-electron chi connectivity index (χ2n) is 41.1. The van der Waals surface area contributed by atoms with E-state index in [0.29, 0.717) is 115 Å². The fourth-order valence-corrected chi connectivity index (χ4v) is 18.3. The molecule has 13 N–H and O–H groups in total. The first-order valence-corrected chi connectivity index (χ1v) is 51.5. The lowest BCUT2D eigenvalue weighted by atomic mass is 9.78. The van der Waals surface area contributed by atoms with Crippen molar-refractivity contribution in [3.05, 3.63) is 240 Å². The maximum atomic E-state index is 15.0. The third-order valence-electron chi connectivity index (χ3n) is 28.8. The molecule has 1 saturated heterocycles. The van der Waals surface area contributed by atoms with E-state index in [2.05, 4.69) is 166 Å². The monoisotopic (exact) mass is 2050 g/mol. The molecule has 6 atom stereocenters. The third kappa shape index (κ3) is 28.1. The van der Waals surface area contributed by atoms with E-state index in [0.717, 1.165) is 39.9 Å². The standard InChI is InChI=1S/C50H64N8O12S.C19H22N2O2.C17H18N2O2.C16H23BO2.C8H9ClN2O2/c1-26-16-41(62)44(58(5)48(65)33(24-54-71(53,68)69)20-40(61)43-27(2)55-46(56-28(43)3)31-8-11-34(12-9-31)50(4)14-15-50)32-19-38(45(63)42(21-32)70-25-36(60)23-52)37-17-29(18-39(49(66)67)57-47(26)64)6-7-30(37)10-13-35(59)22-51;1-5-23-18(22)16-12(2)20-17(21-13(16)3)14-6-8-15(9-7-14)19(4)10-11-19;1-10-14(16(20)21)11(2)19-15(18-10)12-4-6-13(7-5-12)17(3)8-9-17;1-14(2)15(3,4)19-17(18-14)13-8-6-12(7-9-13)16(5)10-11-16;1-3-13-7(12)6-4-10-8(9)11-5(6)2/h6-9,11-12,17,19,21,26,33,35-36,39,44,54,59-60,63H,10,13-16,18,20,22-25,51-52H2,1-5H3,(H,57,64)(H,66,67)(H2,53,68,69);6-9H,5,10-11H2,1-4H3;4-7H,8-9H2,1-3H3,(H,20,21);6-9H,10-11H2,1-5H3;4H,3H2,1-2H3/t26-,33+,35+,36-,39+,44+;;;;/m1..../s1. The molecule has 147 heavy (non-hydrogen) atoms. The van der Waals surface area contributed by atoms with E-state index >= 15 is 4.79 Å². The Morgan fingerprint density at radius 2 is 1.01 bits per heavy atom.